The molecule has 2 rings (SSSR count). The maximum Gasteiger partial charge on any atom is 0.175 e. The van der Waals surface area contributed by atoms with E-state index in [1.165, 1.54) is 24.2 Å². The van der Waals surface area contributed by atoms with E-state index in [2.05, 4.69) is 20.8 Å². The maximum absolute atomic E-state index is 12.5. The van der Waals surface area contributed by atoms with Crippen molar-refractivity contribution >= 4 is 28.7 Å². The summed E-state index contributed by atoms with van der Waals surface area (Å²) in [5, 5.41) is 0. The van der Waals surface area contributed by atoms with E-state index in [-0.39, 0.29) is 5.92 Å². The average Bonchev–Trinajstić information content (AvgIpc) is 2.68. The molecule has 0 N–H and O–H groups in total. The van der Waals surface area contributed by atoms with E-state index < -0.39 is 0 Å². The highest BCUT2D eigenvalue weighted by Crippen LogP contribution is 2.41. The summed E-state index contributed by atoms with van der Waals surface area (Å²) >= 11 is 7.50. The summed E-state index contributed by atoms with van der Waals surface area (Å²) < 4.78 is 0.756. The second-order valence-corrected chi connectivity index (χ2v) is 8.50. The van der Waals surface area contributed by atoms with Crippen molar-refractivity contribution in [2.24, 2.45) is 17.3 Å². The van der Waals surface area contributed by atoms with Crippen molar-refractivity contribution < 1.29 is 4.79 Å². The molecule has 1 aliphatic carbocycles. The Bertz CT molecular complexity index is 442. The molecule has 0 bridgehead atoms. The highest BCUT2D eigenvalue weighted by molar-refractivity contribution is 7.18. The molecule has 0 radical (unpaired) electrons. The van der Waals surface area contributed by atoms with E-state index in [4.69, 9.17) is 11.6 Å². The topological polar surface area (TPSA) is 17.1 Å². The van der Waals surface area contributed by atoms with Crippen LogP contribution in [0.15, 0.2) is 6.07 Å². The van der Waals surface area contributed by atoms with Gasteiger partial charge < -0.3 is 0 Å². The lowest BCUT2D eigenvalue weighted by Gasteiger charge is -2.36. The molecule has 1 heterocycles. The van der Waals surface area contributed by atoms with Gasteiger partial charge in [-0.05, 0) is 55.6 Å². The number of Topliss-reactive ketones (excluding diaryl/α,β-unsaturated/α-hetero) is 1. The van der Waals surface area contributed by atoms with Crippen molar-refractivity contribution in [3.8, 4) is 0 Å². The van der Waals surface area contributed by atoms with Gasteiger partial charge in [0.1, 0.15) is 0 Å². The molecule has 0 unspecified atom stereocenters. The van der Waals surface area contributed by atoms with Crippen molar-refractivity contribution in [1.29, 1.82) is 0 Å². The van der Waals surface area contributed by atoms with Crippen LogP contribution in [-0.4, -0.2) is 5.78 Å². The summed E-state index contributed by atoms with van der Waals surface area (Å²) in [5.74, 6) is 1.28. The summed E-state index contributed by atoms with van der Waals surface area (Å²) in [5.41, 5.74) is 1.40. The van der Waals surface area contributed by atoms with Crippen LogP contribution in [0.1, 0.15) is 61.7 Å². The molecule has 0 aromatic carbocycles. The van der Waals surface area contributed by atoms with Crippen molar-refractivity contribution in [2.45, 2.75) is 53.4 Å². The van der Waals surface area contributed by atoms with Gasteiger partial charge in [0.2, 0.25) is 0 Å². The summed E-state index contributed by atoms with van der Waals surface area (Å²) in [6.07, 6.45) is 4.43. The highest BCUT2D eigenvalue weighted by Gasteiger charge is 2.33. The summed E-state index contributed by atoms with van der Waals surface area (Å²) in [7, 11) is 0. The van der Waals surface area contributed by atoms with Crippen LogP contribution in [0.25, 0.3) is 0 Å². The second kappa shape index (κ2) is 5.57. The number of thiophene rings is 1. The van der Waals surface area contributed by atoms with E-state index in [0.29, 0.717) is 11.2 Å². The van der Waals surface area contributed by atoms with E-state index >= 15 is 0 Å². The molecule has 1 nitrogen and oxygen atoms in total. The Morgan fingerprint density at radius 3 is 2.26 bits per heavy atom. The van der Waals surface area contributed by atoms with Gasteiger partial charge in [0.15, 0.2) is 5.78 Å². The maximum atomic E-state index is 12.5. The molecule has 19 heavy (non-hydrogen) atoms. The molecule has 0 spiro atoms. The first-order chi connectivity index (χ1) is 8.79. The third-order valence-electron chi connectivity index (χ3n) is 4.42. The van der Waals surface area contributed by atoms with Crippen LogP contribution in [0.3, 0.4) is 0 Å². The molecule has 0 atom stereocenters. The normalized spacial score (nSPS) is 24.5. The standard InChI is InChI=1S/C16H23ClOS/c1-10-9-13(19-15(10)17)14(18)11-5-7-12(8-6-11)16(2,3)4/h9,11-12H,5-8H2,1-4H3. The van der Waals surface area contributed by atoms with Gasteiger partial charge in [-0.2, -0.15) is 0 Å². The molecule has 1 aromatic heterocycles. The van der Waals surface area contributed by atoms with Gasteiger partial charge in [0, 0.05) is 5.92 Å². The number of ketones is 1. The fourth-order valence-electron chi connectivity index (χ4n) is 3.00. The van der Waals surface area contributed by atoms with E-state index in [0.717, 1.165) is 33.5 Å². The number of aryl methyl sites for hydroxylation is 1. The molecule has 1 aromatic rings. The molecular formula is C16H23ClOS. The Balaban J connectivity index is 2.00. The zero-order valence-electron chi connectivity index (χ0n) is 12.3. The highest BCUT2D eigenvalue weighted by atomic mass is 35.5. The lowest BCUT2D eigenvalue weighted by Crippen LogP contribution is -2.28. The Hall–Kier alpha value is -0.340. The molecule has 1 aliphatic rings. The van der Waals surface area contributed by atoms with Crippen LogP contribution in [0.4, 0.5) is 0 Å². The Kier molecular flexibility index (Phi) is 4.42. The average molecular weight is 299 g/mol. The first-order valence-corrected chi connectivity index (χ1v) is 8.28. The van der Waals surface area contributed by atoms with Crippen molar-refractivity contribution in [3.63, 3.8) is 0 Å². The van der Waals surface area contributed by atoms with Crippen LogP contribution < -0.4 is 0 Å². The third kappa shape index (κ3) is 3.41. The van der Waals surface area contributed by atoms with Crippen LogP contribution in [-0.2, 0) is 0 Å². The molecule has 106 valence electrons. The Morgan fingerprint density at radius 2 is 1.84 bits per heavy atom. The zero-order chi connectivity index (χ0) is 14.2. The summed E-state index contributed by atoms with van der Waals surface area (Å²) in [6, 6.07) is 1.95. The van der Waals surface area contributed by atoms with Gasteiger partial charge in [0.05, 0.1) is 9.21 Å². The number of halogens is 1. The zero-order valence-corrected chi connectivity index (χ0v) is 13.8. The SMILES string of the molecule is Cc1cc(C(=O)C2CCC(C(C)(C)C)CC2)sc1Cl. The largest absolute Gasteiger partial charge is 0.293 e. The molecule has 0 saturated heterocycles. The molecule has 3 heteroatoms. The predicted octanol–water partition coefficient (Wildman–Crippen LogP) is 5.75. The quantitative estimate of drug-likeness (QED) is 0.636. The fourth-order valence-corrected chi connectivity index (χ4v) is 4.22. The second-order valence-electron chi connectivity index (χ2n) is 6.85. The lowest BCUT2D eigenvalue weighted by molar-refractivity contribution is 0.0823. The number of rotatable bonds is 2. The molecule has 0 amide bonds. The molecular weight excluding hydrogens is 276 g/mol. The summed E-state index contributed by atoms with van der Waals surface area (Å²) in [4.78, 5) is 13.3. The van der Waals surface area contributed by atoms with Gasteiger partial charge >= 0.3 is 0 Å². The Morgan fingerprint density at radius 1 is 1.26 bits per heavy atom. The van der Waals surface area contributed by atoms with Crippen LogP contribution in [0.5, 0.6) is 0 Å². The number of hydrogen-bond acceptors (Lipinski definition) is 2. The van der Waals surface area contributed by atoms with Crippen molar-refractivity contribution in [3.05, 3.63) is 20.8 Å². The molecule has 1 fully saturated rings. The van der Waals surface area contributed by atoms with Crippen LogP contribution in [0, 0.1) is 24.2 Å². The van der Waals surface area contributed by atoms with Crippen LogP contribution >= 0.6 is 22.9 Å². The van der Waals surface area contributed by atoms with Gasteiger partial charge in [0.25, 0.3) is 0 Å². The first-order valence-electron chi connectivity index (χ1n) is 7.09. The van der Waals surface area contributed by atoms with E-state index in [1.807, 2.05) is 13.0 Å². The number of carbonyl (C=O) groups is 1. The predicted molar refractivity (Wildman–Crippen MR) is 83.3 cm³/mol. The lowest BCUT2D eigenvalue weighted by atomic mass is 9.69. The minimum Gasteiger partial charge on any atom is -0.293 e. The van der Waals surface area contributed by atoms with Crippen molar-refractivity contribution in [1.82, 2.24) is 0 Å². The van der Waals surface area contributed by atoms with Gasteiger partial charge in [-0.3, -0.25) is 4.79 Å². The first kappa shape index (κ1) is 15.1. The van der Waals surface area contributed by atoms with Gasteiger partial charge in [-0.1, -0.05) is 32.4 Å². The minimum atomic E-state index is 0.215. The smallest absolute Gasteiger partial charge is 0.175 e. The molecule has 1 saturated carbocycles. The third-order valence-corrected chi connectivity index (χ3v) is 5.99. The minimum absolute atomic E-state index is 0.215. The fraction of sp³-hybridized carbons (Fsp3) is 0.688. The monoisotopic (exact) mass is 298 g/mol. The van der Waals surface area contributed by atoms with E-state index in [1.54, 1.807) is 0 Å². The number of hydrogen-bond donors (Lipinski definition) is 0. The van der Waals surface area contributed by atoms with Gasteiger partial charge in [-0.15, -0.1) is 11.3 Å². The van der Waals surface area contributed by atoms with Crippen molar-refractivity contribution in [2.75, 3.05) is 0 Å². The van der Waals surface area contributed by atoms with Gasteiger partial charge in [-0.25, -0.2) is 0 Å². The number of carbonyl (C=O) groups excluding carboxylic acids is 1. The Labute approximate surface area is 125 Å². The summed E-state index contributed by atoms with van der Waals surface area (Å²) in [6.45, 7) is 8.89. The van der Waals surface area contributed by atoms with E-state index in [9.17, 15) is 4.79 Å². The molecule has 0 aliphatic heterocycles. The van der Waals surface area contributed by atoms with Crippen LogP contribution in [0.2, 0.25) is 4.34 Å².